The Morgan fingerprint density at radius 1 is 1.21 bits per heavy atom. The van der Waals surface area contributed by atoms with E-state index in [4.69, 9.17) is 20.2 Å². The second-order valence-electron chi connectivity index (χ2n) is 7.12. The molecule has 0 amide bonds. The zero-order chi connectivity index (χ0) is 20.0. The van der Waals surface area contributed by atoms with E-state index in [2.05, 4.69) is 22.5 Å². The van der Waals surface area contributed by atoms with E-state index in [1.165, 1.54) is 0 Å². The van der Waals surface area contributed by atoms with E-state index in [0.717, 1.165) is 41.5 Å². The lowest BCUT2D eigenvalue weighted by Gasteiger charge is -2.10. The lowest BCUT2D eigenvalue weighted by Crippen LogP contribution is -2.13. The molecule has 0 aliphatic carbocycles. The molecule has 7 nitrogen and oxygen atoms in total. The fourth-order valence-electron chi connectivity index (χ4n) is 4.14. The smallest absolute Gasteiger partial charge is 0.275 e. The average Bonchev–Trinajstić information content (AvgIpc) is 3.31. The van der Waals surface area contributed by atoms with Gasteiger partial charge < -0.3 is 24.8 Å². The predicted molar refractivity (Wildman–Crippen MR) is 112 cm³/mol. The van der Waals surface area contributed by atoms with Gasteiger partial charge in [0.1, 0.15) is 5.69 Å². The summed E-state index contributed by atoms with van der Waals surface area (Å²) in [6.45, 7) is 3.71. The van der Waals surface area contributed by atoms with E-state index >= 15 is 0 Å². The fraction of sp³-hybridized carbons (Fsp3) is 0.273. The van der Waals surface area contributed by atoms with Gasteiger partial charge >= 0.3 is 0 Å². The van der Waals surface area contributed by atoms with Gasteiger partial charge in [0.05, 0.1) is 11.0 Å². The molecular formula is C22H22N4O3. The Balaban J connectivity index is 1.79. The molecule has 5 rings (SSSR count). The molecule has 0 saturated heterocycles. The molecule has 2 aromatic heterocycles. The van der Waals surface area contributed by atoms with Crippen molar-refractivity contribution >= 4 is 21.9 Å². The topological polar surface area (TPSA) is 95.2 Å². The Morgan fingerprint density at radius 2 is 2.00 bits per heavy atom. The van der Waals surface area contributed by atoms with Gasteiger partial charge in [0.2, 0.25) is 6.79 Å². The van der Waals surface area contributed by atoms with E-state index in [-0.39, 0.29) is 12.4 Å². The third-order valence-electron chi connectivity index (χ3n) is 5.42. The first-order valence-corrected chi connectivity index (χ1v) is 9.85. The van der Waals surface area contributed by atoms with Gasteiger partial charge in [-0.25, -0.2) is 4.98 Å². The second-order valence-corrected chi connectivity index (χ2v) is 7.12. The maximum atomic E-state index is 13.0. The molecular weight excluding hydrogens is 368 g/mol. The van der Waals surface area contributed by atoms with E-state index in [1.54, 1.807) is 6.07 Å². The highest BCUT2D eigenvalue weighted by Crippen LogP contribution is 2.37. The van der Waals surface area contributed by atoms with Crippen LogP contribution in [0.3, 0.4) is 0 Å². The van der Waals surface area contributed by atoms with Crippen molar-refractivity contribution in [2.24, 2.45) is 5.73 Å². The zero-order valence-electron chi connectivity index (χ0n) is 16.2. The van der Waals surface area contributed by atoms with Gasteiger partial charge in [-0.3, -0.25) is 4.79 Å². The number of rotatable bonds is 5. The Labute approximate surface area is 167 Å². The van der Waals surface area contributed by atoms with Gasteiger partial charge in [-0.1, -0.05) is 25.1 Å². The van der Waals surface area contributed by atoms with Crippen LogP contribution < -0.4 is 20.8 Å². The third kappa shape index (κ3) is 2.77. The minimum absolute atomic E-state index is 0.178. The Morgan fingerprint density at radius 3 is 2.79 bits per heavy atom. The average molecular weight is 390 g/mol. The van der Waals surface area contributed by atoms with Gasteiger partial charge in [0.15, 0.2) is 11.5 Å². The van der Waals surface area contributed by atoms with Crippen molar-refractivity contribution in [1.82, 2.24) is 14.5 Å². The Bertz CT molecular complexity index is 1290. The quantitative estimate of drug-likeness (QED) is 0.546. The van der Waals surface area contributed by atoms with Crippen molar-refractivity contribution in [2.45, 2.75) is 26.3 Å². The molecule has 3 N–H and O–H groups in total. The molecule has 29 heavy (non-hydrogen) atoms. The van der Waals surface area contributed by atoms with Gasteiger partial charge in [-0.2, -0.15) is 0 Å². The summed E-state index contributed by atoms with van der Waals surface area (Å²) >= 11 is 0. The summed E-state index contributed by atoms with van der Waals surface area (Å²) in [5.41, 5.74) is 10.4. The summed E-state index contributed by atoms with van der Waals surface area (Å²) in [5, 5.41) is 1.03. The summed E-state index contributed by atoms with van der Waals surface area (Å²) in [4.78, 5) is 20.8. The largest absolute Gasteiger partial charge is 0.454 e. The molecule has 0 saturated carbocycles. The monoisotopic (exact) mass is 390 g/mol. The summed E-state index contributed by atoms with van der Waals surface area (Å²) in [6, 6.07) is 11.7. The number of nitrogens with one attached hydrogen (secondary N) is 1. The van der Waals surface area contributed by atoms with Crippen LogP contribution in [0.5, 0.6) is 11.5 Å². The molecule has 0 fully saturated rings. The minimum Gasteiger partial charge on any atom is -0.454 e. The standard InChI is InChI=1S/C22H22N4O3/c1-2-16-20(13-6-3-4-7-17(13)26(16)9-5-8-23)21-22(27)25-15-11-19-18(28-12-29-19)10-14(15)24-21/h3-4,6-7,10-11H,2,5,8-9,12,23H2,1H3,(H,25,27). The number of nitrogens with zero attached hydrogens (tertiary/aromatic N) is 2. The van der Waals surface area contributed by atoms with Crippen molar-refractivity contribution in [3.05, 3.63) is 52.4 Å². The number of H-pyrrole nitrogens is 1. The van der Waals surface area contributed by atoms with Gasteiger partial charge in [-0.05, 0) is 25.5 Å². The van der Waals surface area contributed by atoms with E-state index < -0.39 is 0 Å². The number of hydrogen-bond donors (Lipinski definition) is 2. The molecule has 7 heteroatoms. The third-order valence-corrected chi connectivity index (χ3v) is 5.42. The maximum Gasteiger partial charge on any atom is 0.275 e. The van der Waals surface area contributed by atoms with Gasteiger partial charge in [-0.15, -0.1) is 0 Å². The van der Waals surface area contributed by atoms with Crippen LogP contribution >= 0.6 is 0 Å². The number of aromatic nitrogens is 3. The van der Waals surface area contributed by atoms with E-state index in [0.29, 0.717) is 34.8 Å². The minimum atomic E-state index is -0.215. The number of benzene rings is 2. The summed E-state index contributed by atoms with van der Waals surface area (Å²) in [5.74, 6) is 1.26. The summed E-state index contributed by atoms with van der Waals surface area (Å²) < 4.78 is 13.2. The highest BCUT2D eigenvalue weighted by atomic mass is 16.7. The Kier molecular flexibility index (Phi) is 4.24. The van der Waals surface area contributed by atoms with Crippen LogP contribution in [0.25, 0.3) is 33.2 Å². The first-order valence-electron chi connectivity index (χ1n) is 9.85. The van der Waals surface area contributed by atoms with Crippen LogP contribution in [0.15, 0.2) is 41.2 Å². The summed E-state index contributed by atoms with van der Waals surface area (Å²) in [7, 11) is 0. The first kappa shape index (κ1) is 17.8. The number of nitrogens with two attached hydrogens (primary N) is 1. The fourth-order valence-corrected chi connectivity index (χ4v) is 4.14. The SMILES string of the molecule is CCc1c(-c2nc3cc4c(cc3[nH]c2=O)OCO4)c2ccccc2n1CCCN. The molecule has 3 heterocycles. The molecule has 0 atom stereocenters. The van der Waals surface area contributed by atoms with Crippen molar-refractivity contribution in [1.29, 1.82) is 0 Å². The van der Waals surface area contributed by atoms with Crippen LogP contribution in [0.1, 0.15) is 19.0 Å². The van der Waals surface area contributed by atoms with Crippen LogP contribution in [0.2, 0.25) is 0 Å². The number of fused-ring (bicyclic) bond motifs is 3. The number of para-hydroxylation sites is 1. The van der Waals surface area contributed by atoms with Gasteiger partial charge in [0, 0.05) is 40.8 Å². The van der Waals surface area contributed by atoms with Crippen molar-refractivity contribution < 1.29 is 9.47 Å². The lowest BCUT2D eigenvalue weighted by molar-refractivity contribution is 0.174. The maximum absolute atomic E-state index is 13.0. The molecule has 2 aromatic carbocycles. The molecule has 0 radical (unpaired) electrons. The zero-order valence-corrected chi connectivity index (χ0v) is 16.2. The molecule has 148 valence electrons. The van der Waals surface area contributed by atoms with E-state index in [1.807, 2.05) is 24.3 Å². The van der Waals surface area contributed by atoms with Crippen molar-refractivity contribution in [3.8, 4) is 22.8 Å². The predicted octanol–water partition coefficient (Wildman–Crippen LogP) is 3.18. The van der Waals surface area contributed by atoms with Crippen molar-refractivity contribution in [2.75, 3.05) is 13.3 Å². The highest BCUT2D eigenvalue weighted by molar-refractivity contribution is 5.98. The molecule has 0 spiro atoms. The van der Waals surface area contributed by atoms with Crippen LogP contribution in [-0.2, 0) is 13.0 Å². The van der Waals surface area contributed by atoms with Crippen LogP contribution in [-0.4, -0.2) is 27.9 Å². The highest BCUT2D eigenvalue weighted by Gasteiger charge is 2.22. The molecule has 1 aliphatic heterocycles. The van der Waals surface area contributed by atoms with E-state index in [9.17, 15) is 4.79 Å². The lowest BCUT2D eigenvalue weighted by atomic mass is 10.1. The number of hydrogen-bond acceptors (Lipinski definition) is 5. The molecule has 1 aliphatic rings. The second kappa shape index (κ2) is 6.93. The first-order chi connectivity index (χ1) is 14.2. The van der Waals surface area contributed by atoms with Crippen LogP contribution in [0, 0.1) is 0 Å². The molecule has 0 bridgehead atoms. The Hall–Kier alpha value is -3.32. The number of ether oxygens (including phenoxy) is 2. The number of aromatic amines is 1. The summed E-state index contributed by atoms with van der Waals surface area (Å²) in [6.07, 6.45) is 1.66. The van der Waals surface area contributed by atoms with Gasteiger partial charge in [0.25, 0.3) is 5.56 Å². The normalized spacial score (nSPS) is 12.9. The van der Waals surface area contributed by atoms with Crippen molar-refractivity contribution in [3.63, 3.8) is 0 Å². The van der Waals surface area contributed by atoms with Crippen LogP contribution in [0.4, 0.5) is 0 Å². The molecule has 4 aromatic rings. The molecule has 0 unspecified atom stereocenters. The number of aryl methyl sites for hydroxylation is 1.